The van der Waals surface area contributed by atoms with Crippen LogP contribution in [0.25, 0.3) is 5.57 Å². The highest BCUT2D eigenvalue weighted by atomic mass is 14.0. The Hall–Kier alpha value is -1.56. The third-order valence-electron chi connectivity index (χ3n) is 2.03. The number of hydrogen-bond donors (Lipinski definition) is 0. The Labute approximate surface area is 120 Å². The molecule has 0 atom stereocenters. The Kier molecular flexibility index (Phi) is 15.1. The molecule has 0 bridgehead atoms. The topological polar surface area (TPSA) is 0 Å². The molecule has 0 saturated heterocycles. The summed E-state index contributed by atoms with van der Waals surface area (Å²) in [5.74, 6) is 0. The van der Waals surface area contributed by atoms with Crippen LogP contribution in [0.1, 0.15) is 52.2 Å². The van der Waals surface area contributed by atoms with Crippen LogP contribution in [-0.2, 0) is 0 Å². The van der Waals surface area contributed by atoms with E-state index in [0.29, 0.717) is 0 Å². The van der Waals surface area contributed by atoms with Crippen LogP contribution in [0.2, 0.25) is 0 Å². The summed E-state index contributed by atoms with van der Waals surface area (Å²) in [5.41, 5.74) is 3.71. The zero-order valence-corrected chi connectivity index (χ0v) is 13.5. The van der Waals surface area contributed by atoms with E-state index in [9.17, 15) is 0 Å². The zero-order chi connectivity index (χ0) is 15.1. The van der Waals surface area contributed by atoms with Crippen LogP contribution in [0.15, 0.2) is 55.1 Å². The van der Waals surface area contributed by atoms with Crippen LogP contribution >= 0.6 is 0 Å². The molecule has 1 aromatic rings. The number of hydrogen-bond acceptors (Lipinski definition) is 0. The molecule has 0 heteroatoms. The first-order valence-electron chi connectivity index (χ1n) is 7.22. The first-order valence-corrected chi connectivity index (χ1v) is 7.22. The molecule has 0 aliphatic rings. The molecule has 0 heterocycles. The van der Waals surface area contributed by atoms with Gasteiger partial charge in [0.05, 0.1) is 0 Å². The lowest BCUT2D eigenvalue weighted by Crippen LogP contribution is -1.80. The first kappa shape index (κ1) is 19.8. The summed E-state index contributed by atoms with van der Waals surface area (Å²) in [6, 6.07) is 8.50. The fourth-order valence-corrected chi connectivity index (χ4v) is 1.30. The molecule has 0 nitrogen and oxygen atoms in total. The molecule has 1 aromatic carbocycles. The van der Waals surface area contributed by atoms with Crippen molar-refractivity contribution in [1.82, 2.24) is 0 Å². The summed E-state index contributed by atoms with van der Waals surface area (Å²) >= 11 is 0. The van der Waals surface area contributed by atoms with E-state index in [1.54, 1.807) is 0 Å². The predicted octanol–water partition coefficient (Wildman–Crippen LogP) is 6.58. The van der Waals surface area contributed by atoms with E-state index in [0.717, 1.165) is 0 Å². The van der Waals surface area contributed by atoms with E-state index in [4.69, 9.17) is 0 Å². The largest absolute Gasteiger partial charge is 0.0990 e. The molecule has 0 aliphatic heterocycles. The number of rotatable bonds is 3. The number of allylic oxidation sites excluding steroid dienone is 5. The highest BCUT2D eigenvalue weighted by Gasteiger charge is 1.95. The van der Waals surface area contributed by atoms with E-state index >= 15 is 0 Å². The van der Waals surface area contributed by atoms with Crippen molar-refractivity contribution in [2.45, 2.75) is 48.0 Å². The van der Waals surface area contributed by atoms with Crippen molar-refractivity contribution in [2.24, 2.45) is 0 Å². The lowest BCUT2D eigenvalue weighted by atomic mass is 10.0. The van der Waals surface area contributed by atoms with Gasteiger partial charge in [0.2, 0.25) is 0 Å². The molecule has 0 unspecified atom stereocenters. The smallest absolute Gasteiger partial charge is 0.0184 e. The first-order chi connectivity index (χ1) is 9.19. The van der Waals surface area contributed by atoms with Gasteiger partial charge in [-0.3, -0.25) is 0 Å². The molecule has 19 heavy (non-hydrogen) atoms. The monoisotopic (exact) mass is 258 g/mol. The average Bonchev–Trinajstić information content (AvgIpc) is 2.43. The minimum atomic E-state index is 1.20. The van der Waals surface area contributed by atoms with Gasteiger partial charge in [0.25, 0.3) is 0 Å². The summed E-state index contributed by atoms with van der Waals surface area (Å²) < 4.78 is 0. The molecular weight excluding hydrogens is 228 g/mol. The van der Waals surface area contributed by atoms with Crippen molar-refractivity contribution in [1.29, 1.82) is 0 Å². The normalized spacial score (nSPS) is 10.1. The quantitative estimate of drug-likeness (QED) is 0.537. The highest BCUT2D eigenvalue weighted by molar-refractivity contribution is 5.75. The third kappa shape index (κ3) is 10.1. The Morgan fingerprint density at radius 2 is 1.58 bits per heavy atom. The van der Waals surface area contributed by atoms with Crippen molar-refractivity contribution in [2.75, 3.05) is 0 Å². The van der Waals surface area contributed by atoms with Gasteiger partial charge in [0.15, 0.2) is 0 Å². The second kappa shape index (κ2) is 14.5. The SMILES string of the molecule is C=C/C=C(\C=C/C)c1ccc(C)cc1.CC.CCC. The third-order valence-corrected chi connectivity index (χ3v) is 2.03. The molecule has 0 saturated carbocycles. The summed E-state index contributed by atoms with van der Waals surface area (Å²) in [4.78, 5) is 0. The van der Waals surface area contributed by atoms with E-state index < -0.39 is 0 Å². The Morgan fingerprint density at radius 3 is 1.95 bits per heavy atom. The molecule has 106 valence electrons. The Morgan fingerprint density at radius 1 is 1.11 bits per heavy atom. The maximum Gasteiger partial charge on any atom is -0.0184 e. The van der Waals surface area contributed by atoms with Crippen LogP contribution < -0.4 is 0 Å². The van der Waals surface area contributed by atoms with Gasteiger partial charge in [-0.05, 0) is 25.0 Å². The van der Waals surface area contributed by atoms with Crippen molar-refractivity contribution in [3.8, 4) is 0 Å². The lowest BCUT2D eigenvalue weighted by Gasteiger charge is -2.02. The van der Waals surface area contributed by atoms with Gasteiger partial charge in [-0.1, -0.05) is 94.8 Å². The molecule has 0 aromatic heterocycles. The van der Waals surface area contributed by atoms with E-state index in [-0.39, 0.29) is 0 Å². The van der Waals surface area contributed by atoms with Crippen molar-refractivity contribution >= 4 is 5.57 Å². The highest BCUT2D eigenvalue weighted by Crippen LogP contribution is 2.16. The van der Waals surface area contributed by atoms with Crippen LogP contribution in [-0.4, -0.2) is 0 Å². The fourth-order valence-electron chi connectivity index (χ4n) is 1.30. The molecule has 0 aliphatic carbocycles. The summed E-state index contributed by atoms with van der Waals surface area (Å²) in [5, 5.41) is 0. The minimum Gasteiger partial charge on any atom is -0.0990 e. The maximum atomic E-state index is 3.72. The maximum absolute atomic E-state index is 3.72. The Balaban J connectivity index is 0. The van der Waals surface area contributed by atoms with Gasteiger partial charge in [0.1, 0.15) is 0 Å². The van der Waals surface area contributed by atoms with Crippen molar-refractivity contribution in [3.63, 3.8) is 0 Å². The lowest BCUT2D eigenvalue weighted by molar-refractivity contribution is 1.09. The molecule has 0 fully saturated rings. The van der Waals surface area contributed by atoms with Crippen LogP contribution in [0.3, 0.4) is 0 Å². The predicted molar refractivity (Wildman–Crippen MR) is 91.5 cm³/mol. The van der Waals surface area contributed by atoms with E-state index in [2.05, 4.69) is 57.7 Å². The van der Waals surface area contributed by atoms with Crippen LogP contribution in [0.5, 0.6) is 0 Å². The van der Waals surface area contributed by atoms with Gasteiger partial charge in [-0.15, -0.1) is 0 Å². The molecule has 1 rings (SSSR count). The average molecular weight is 258 g/mol. The van der Waals surface area contributed by atoms with Crippen molar-refractivity contribution in [3.05, 3.63) is 66.3 Å². The summed E-state index contributed by atoms with van der Waals surface area (Å²) in [7, 11) is 0. The van der Waals surface area contributed by atoms with E-state index in [1.165, 1.54) is 23.1 Å². The van der Waals surface area contributed by atoms with Gasteiger partial charge < -0.3 is 0 Å². The molecular formula is C19H30. The van der Waals surface area contributed by atoms with Crippen molar-refractivity contribution < 1.29 is 0 Å². The summed E-state index contributed by atoms with van der Waals surface area (Å²) in [6.07, 6.45) is 9.21. The second-order valence-corrected chi connectivity index (χ2v) is 3.93. The standard InChI is InChI=1S/C14H16.C3H8.C2H6/c1-4-6-13(7-5-2)14-10-8-12(3)9-11-14;1-3-2;1-2/h4-11H,1H2,2-3H3;3H2,1-2H3;1-2H3/b7-5-,13-6+;;. The Bertz CT molecular complexity index is 364. The van der Waals surface area contributed by atoms with Gasteiger partial charge in [0, 0.05) is 0 Å². The fraction of sp³-hybridized carbons (Fsp3) is 0.368. The molecule has 0 radical (unpaired) electrons. The zero-order valence-electron chi connectivity index (χ0n) is 13.5. The number of benzene rings is 1. The molecule has 0 amide bonds. The molecule has 0 N–H and O–H groups in total. The van der Waals surface area contributed by atoms with Gasteiger partial charge in [-0.25, -0.2) is 0 Å². The van der Waals surface area contributed by atoms with Crippen LogP contribution in [0, 0.1) is 6.92 Å². The van der Waals surface area contributed by atoms with Gasteiger partial charge in [-0.2, -0.15) is 0 Å². The molecule has 0 spiro atoms. The minimum absolute atomic E-state index is 1.20. The van der Waals surface area contributed by atoms with E-state index in [1.807, 2.05) is 39.0 Å². The van der Waals surface area contributed by atoms with Gasteiger partial charge >= 0.3 is 0 Å². The number of aryl methyl sites for hydroxylation is 1. The van der Waals surface area contributed by atoms with Crippen LogP contribution in [0.4, 0.5) is 0 Å². The second-order valence-electron chi connectivity index (χ2n) is 3.93. The summed E-state index contributed by atoms with van der Waals surface area (Å²) in [6.45, 7) is 16.1.